The van der Waals surface area contributed by atoms with E-state index in [1.54, 1.807) is 43.2 Å². The minimum absolute atomic E-state index is 0.179. The van der Waals surface area contributed by atoms with Crippen LogP contribution in [0.5, 0.6) is 11.5 Å². The Labute approximate surface area is 186 Å². The van der Waals surface area contributed by atoms with Gasteiger partial charge in [-0.15, -0.1) is 0 Å². The maximum atomic E-state index is 13.4. The molecule has 0 aliphatic carbocycles. The van der Waals surface area contributed by atoms with Crippen LogP contribution in [0.1, 0.15) is 16.1 Å². The Hall–Kier alpha value is -4.13. The molecule has 0 fully saturated rings. The van der Waals surface area contributed by atoms with Crippen LogP contribution in [0.25, 0.3) is 16.8 Å². The van der Waals surface area contributed by atoms with Crippen LogP contribution in [0.3, 0.4) is 0 Å². The lowest BCUT2D eigenvalue weighted by Crippen LogP contribution is -2.27. The second-order valence-corrected chi connectivity index (χ2v) is 7.26. The van der Waals surface area contributed by atoms with Crippen LogP contribution in [-0.4, -0.2) is 46.8 Å². The number of nitrogens with zero attached hydrogens (tertiary/aromatic N) is 4. The van der Waals surface area contributed by atoms with Crippen LogP contribution in [0, 0.1) is 0 Å². The average Bonchev–Trinajstić information content (AvgIpc) is 3.29. The van der Waals surface area contributed by atoms with Crippen molar-refractivity contribution in [3.8, 4) is 28.3 Å². The summed E-state index contributed by atoms with van der Waals surface area (Å²) in [6, 6.07) is 19.1. The molecule has 0 N–H and O–H groups in total. The fourth-order valence-corrected chi connectivity index (χ4v) is 3.47. The van der Waals surface area contributed by atoms with E-state index in [-0.39, 0.29) is 5.91 Å². The van der Waals surface area contributed by atoms with Gasteiger partial charge in [0.1, 0.15) is 0 Å². The molecule has 0 bridgehead atoms. The van der Waals surface area contributed by atoms with Gasteiger partial charge in [0.2, 0.25) is 0 Å². The van der Waals surface area contributed by atoms with E-state index in [1.165, 1.54) is 0 Å². The lowest BCUT2D eigenvalue weighted by Gasteiger charge is -2.17. The van der Waals surface area contributed by atoms with Crippen molar-refractivity contribution < 1.29 is 14.3 Å². The maximum Gasteiger partial charge on any atom is 0.275 e. The summed E-state index contributed by atoms with van der Waals surface area (Å²) in [5.41, 5.74) is 3.74. The highest BCUT2D eigenvalue weighted by Crippen LogP contribution is 2.34. The van der Waals surface area contributed by atoms with Crippen LogP contribution >= 0.6 is 0 Å². The van der Waals surface area contributed by atoms with Crippen LogP contribution in [-0.2, 0) is 6.54 Å². The Morgan fingerprint density at radius 3 is 2.38 bits per heavy atom. The molecule has 0 unspecified atom stereocenters. The zero-order valence-corrected chi connectivity index (χ0v) is 18.2. The fraction of sp³-hybridized carbons (Fsp3) is 0.160. The molecule has 0 aliphatic rings. The van der Waals surface area contributed by atoms with Crippen molar-refractivity contribution in [2.75, 3.05) is 21.3 Å². The molecular formula is C25H24N4O3. The van der Waals surface area contributed by atoms with E-state index >= 15 is 0 Å². The Kier molecular flexibility index (Phi) is 6.17. The minimum Gasteiger partial charge on any atom is -0.493 e. The summed E-state index contributed by atoms with van der Waals surface area (Å²) in [5, 5.41) is 4.66. The molecule has 4 rings (SSSR count). The minimum atomic E-state index is -0.179. The highest BCUT2D eigenvalue weighted by Gasteiger charge is 2.23. The van der Waals surface area contributed by atoms with Gasteiger partial charge in [-0.05, 0) is 47.5 Å². The van der Waals surface area contributed by atoms with Crippen molar-refractivity contribution >= 4 is 5.91 Å². The van der Waals surface area contributed by atoms with Gasteiger partial charge in [-0.2, -0.15) is 5.10 Å². The molecule has 0 atom stereocenters. The Morgan fingerprint density at radius 2 is 1.69 bits per heavy atom. The largest absolute Gasteiger partial charge is 0.493 e. The predicted octanol–water partition coefficient (Wildman–Crippen LogP) is 4.22. The molecule has 0 saturated carbocycles. The molecule has 7 heteroatoms. The number of hydrogen-bond donors (Lipinski definition) is 0. The van der Waals surface area contributed by atoms with Gasteiger partial charge >= 0.3 is 0 Å². The number of ether oxygens (including phenoxy) is 2. The van der Waals surface area contributed by atoms with Gasteiger partial charge in [0.25, 0.3) is 5.91 Å². The molecule has 4 aromatic rings. The maximum absolute atomic E-state index is 13.4. The number of methoxy groups -OCH3 is 2. The van der Waals surface area contributed by atoms with E-state index in [4.69, 9.17) is 9.47 Å². The van der Waals surface area contributed by atoms with Gasteiger partial charge < -0.3 is 14.4 Å². The summed E-state index contributed by atoms with van der Waals surface area (Å²) in [6.07, 6.45) is 5.30. The summed E-state index contributed by atoms with van der Waals surface area (Å²) < 4.78 is 12.5. The molecule has 0 radical (unpaired) electrons. The van der Waals surface area contributed by atoms with Gasteiger partial charge in [0, 0.05) is 37.7 Å². The van der Waals surface area contributed by atoms with Gasteiger partial charge in [-0.25, -0.2) is 4.68 Å². The van der Waals surface area contributed by atoms with Crippen LogP contribution in [0.2, 0.25) is 0 Å². The van der Waals surface area contributed by atoms with Crippen molar-refractivity contribution in [2.24, 2.45) is 0 Å². The first-order chi connectivity index (χ1) is 15.6. The number of pyridine rings is 1. The number of amides is 1. The second-order valence-electron chi connectivity index (χ2n) is 7.26. The zero-order chi connectivity index (χ0) is 22.5. The summed E-state index contributed by atoms with van der Waals surface area (Å²) >= 11 is 0. The molecule has 0 spiro atoms. The number of rotatable bonds is 7. The summed E-state index contributed by atoms with van der Waals surface area (Å²) in [5.74, 6) is 1.02. The predicted molar refractivity (Wildman–Crippen MR) is 122 cm³/mol. The monoisotopic (exact) mass is 428 g/mol. The summed E-state index contributed by atoms with van der Waals surface area (Å²) in [4.78, 5) is 19.1. The Bertz CT molecular complexity index is 1210. The summed E-state index contributed by atoms with van der Waals surface area (Å²) in [6.45, 7) is 0.449. The molecule has 0 saturated heterocycles. The number of aromatic nitrogens is 3. The average molecular weight is 428 g/mol. The molecule has 2 aromatic carbocycles. The molecular weight excluding hydrogens is 404 g/mol. The van der Waals surface area contributed by atoms with Crippen molar-refractivity contribution in [1.82, 2.24) is 19.7 Å². The third-order valence-electron chi connectivity index (χ3n) is 5.15. The number of benzene rings is 2. The van der Waals surface area contributed by atoms with Crippen LogP contribution in [0.4, 0.5) is 0 Å². The normalized spacial score (nSPS) is 10.6. The van der Waals surface area contributed by atoms with E-state index in [2.05, 4.69) is 10.1 Å². The molecule has 2 heterocycles. The van der Waals surface area contributed by atoms with Gasteiger partial charge in [0.15, 0.2) is 17.2 Å². The standard InChI is InChI=1S/C25H24N4O3/c1-28(16-18-11-13-26-14-12-18)25(30)24-21(17-29(27-24)20-7-5-4-6-8-20)19-9-10-22(31-2)23(15-19)32-3/h4-15,17H,16H2,1-3H3. The third kappa shape index (κ3) is 4.32. The number of hydrogen-bond acceptors (Lipinski definition) is 5. The highest BCUT2D eigenvalue weighted by molar-refractivity contribution is 5.99. The lowest BCUT2D eigenvalue weighted by molar-refractivity contribution is 0.0779. The molecule has 32 heavy (non-hydrogen) atoms. The SMILES string of the molecule is COc1ccc(-c2cn(-c3ccccc3)nc2C(=O)N(C)Cc2ccncc2)cc1OC. The van der Waals surface area contributed by atoms with Crippen molar-refractivity contribution in [3.63, 3.8) is 0 Å². The molecule has 7 nitrogen and oxygen atoms in total. The third-order valence-corrected chi connectivity index (χ3v) is 5.15. The smallest absolute Gasteiger partial charge is 0.275 e. The van der Waals surface area contributed by atoms with Gasteiger partial charge in [0.05, 0.1) is 19.9 Å². The molecule has 162 valence electrons. The van der Waals surface area contributed by atoms with Crippen LogP contribution < -0.4 is 9.47 Å². The fourth-order valence-electron chi connectivity index (χ4n) is 3.47. The Morgan fingerprint density at radius 1 is 0.969 bits per heavy atom. The quantitative estimate of drug-likeness (QED) is 0.441. The lowest BCUT2D eigenvalue weighted by atomic mass is 10.0. The summed E-state index contributed by atoms with van der Waals surface area (Å²) in [7, 11) is 4.94. The molecule has 2 aromatic heterocycles. The van der Waals surface area contributed by atoms with Gasteiger partial charge in [-0.1, -0.05) is 24.3 Å². The van der Waals surface area contributed by atoms with Gasteiger partial charge in [-0.3, -0.25) is 9.78 Å². The van der Waals surface area contributed by atoms with E-state index < -0.39 is 0 Å². The second kappa shape index (κ2) is 9.34. The zero-order valence-electron chi connectivity index (χ0n) is 18.2. The topological polar surface area (TPSA) is 69.5 Å². The molecule has 1 amide bonds. The first kappa shape index (κ1) is 21.1. The first-order valence-electron chi connectivity index (χ1n) is 10.1. The Balaban J connectivity index is 1.76. The molecule has 0 aliphatic heterocycles. The van der Waals surface area contributed by atoms with E-state index in [0.717, 1.165) is 16.8 Å². The number of carbonyl (C=O) groups excluding carboxylic acids is 1. The van der Waals surface area contributed by atoms with Crippen molar-refractivity contribution in [1.29, 1.82) is 0 Å². The van der Waals surface area contributed by atoms with Crippen LogP contribution in [0.15, 0.2) is 79.3 Å². The van der Waals surface area contributed by atoms with Crippen molar-refractivity contribution in [3.05, 3.63) is 90.5 Å². The van der Waals surface area contributed by atoms with E-state index in [9.17, 15) is 4.79 Å². The van der Waals surface area contributed by atoms with E-state index in [1.807, 2.05) is 66.9 Å². The first-order valence-corrected chi connectivity index (χ1v) is 10.1. The number of carbonyl (C=O) groups is 1. The number of para-hydroxylation sites is 1. The highest BCUT2D eigenvalue weighted by atomic mass is 16.5. The van der Waals surface area contributed by atoms with Crippen molar-refractivity contribution in [2.45, 2.75) is 6.54 Å². The van der Waals surface area contributed by atoms with E-state index in [0.29, 0.717) is 29.3 Å².